The molecule has 0 spiro atoms. The van der Waals surface area contributed by atoms with Gasteiger partial charge in [0, 0.05) is 0 Å². The minimum atomic E-state index is -1.01. The first-order valence-corrected chi connectivity index (χ1v) is 7.20. The van der Waals surface area contributed by atoms with Crippen molar-refractivity contribution in [3.8, 4) is 11.8 Å². The zero-order valence-corrected chi connectivity index (χ0v) is 13.3. The summed E-state index contributed by atoms with van der Waals surface area (Å²) >= 11 is 0. The van der Waals surface area contributed by atoms with E-state index >= 15 is 0 Å². The van der Waals surface area contributed by atoms with Gasteiger partial charge in [-0.1, -0.05) is 18.2 Å². The molecule has 0 aliphatic heterocycles. The predicted molar refractivity (Wildman–Crippen MR) is 87.7 cm³/mol. The highest BCUT2D eigenvalue weighted by molar-refractivity contribution is 5.98. The molecule has 0 bridgehead atoms. The third-order valence-electron chi connectivity index (χ3n) is 3.25. The highest BCUT2D eigenvalue weighted by atomic mass is 16.5. The van der Waals surface area contributed by atoms with Gasteiger partial charge < -0.3 is 14.8 Å². The Bertz CT molecular complexity index is 796. The van der Waals surface area contributed by atoms with Gasteiger partial charge in [-0.25, -0.2) is 4.79 Å². The second-order valence-corrected chi connectivity index (χ2v) is 4.93. The van der Waals surface area contributed by atoms with Crippen LogP contribution in [-0.4, -0.2) is 25.1 Å². The molecule has 2 rings (SSSR count). The fourth-order valence-corrected chi connectivity index (χ4v) is 1.98. The number of amides is 1. The quantitative estimate of drug-likeness (QED) is 0.854. The Balaban J connectivity index is 2.03. The number of hydrogen-bond acceptors (Lipinski definition) is 5. The molecule has 122 valence electrons. The number of para-hydroxylation sites is 2. The van der Waals surface area contributed by atoms with Crippen LogP contribution in [-0.2, 0) is 9.53 Å². The van der Waals surface area contributed by atoms with Crippen molar-refractivity contribution in [2.45, 2.75) is 13.0 Å². The number of rotatable bonds is 5. The van der Waals surface area contributed by atoms with Crippen molar-refractivity contribution in [1.82, 2.24) is 0 Å². The Morgan fingerprint density at radius 1 is 1.17 bits per heavy atom. The summed E-state index contributed by atoms with van der Waals surface area (Å²) in [6, 6.07) is 15.0. The predicted octanol–water partition coefficient (Wildman–Crippen LogP) is 2.75. The molecule has 0 saturated carbocycles. The van der Waals surface area contributed by atoms with Gasteiger partial charge in [-0.3, -0.25) is 4.79 Å². The Kier molecular flexibility index (Phi) is 5.53. The van der Waals surface area contributed by atoms with Crippen LogP contribution < -0.4 is 10.1 Å². The highest BCUT2D eigenvalue weighted by Crippen LogP contribution is 2.23. The summed E-state index contributed by atoms with van der Waals surface area (Å²) in [4.78, 5) is 24.2. The molecular formula is C18H16N2O4. The van der Waals surface area contributed by atoms with Gasteiger partial charge in [-0.15, -0.1) is 0 Å². The molecule has 0 aromatic heterocycles. The van der Waals surface area contributed by atoms with Crippen LogP contribution in [0.15, 0.2) is 48.5 Å². The van der Waals surface area contributed by atoms with Crippen LogP contribution in [0.5, 0.6) is 5.75 Å². The fraction of sp³-hybridized carbons (Fsp3) is 0.167. The average molecular weight is 324 g/mol. The molecule has 0 heterocycles. The summed E-state index contributed by atoms with van der Waals surface area (Å²) in [7, 11) is 1.50. The maximum Gasteiger partial charge on any atom is 0.338 e. The fourth-order valence-electron chi connectivity index (χ4n) is 1.98. The van der Waals surface area contributed by atoms with Crippen molar-refractivity contribution >= 4 is 17.6 Å². The van der Waals surface area contributed by atoms with E-state index in [9.17, 15) is 9.59 Å². The number of hydrogen-bond donors (Lipinski definition) is 1. The highest BCUT2D eigenvalue weighted by Gasteiger charge is 2.20. The van der Waals surface area contributed by atoms with Gasteiger partial charge in [0.05, 0.1) is 30.0 Å². The van der Waals surface area contributed by atoms with Crippen LogP contribution in [0.1, 0.15) is 22.8 Å². The number of nitrogens with zero attached hydrogens (tertiary/aromatic N) is 1. The van der Waals surface area contributed by atoms with Crippen molar-refractivity contribution in [1.29, 1.82) is 5.26 Å². The van der Waals surface area contributed by atoms with E-state index in [0.29, 0.717) is 17.0 Å². The molecule has 1 atom stereocenters. The van der Waals surface area contributed by atoms with Crippen LogP contribution in [0.25, 0.3) is 0 Å². The van der Waals surface area contributed by atoms with E-state index in [2.05, 4.69) is 5.32 Å². The molecule has 2 aromatic carbocycles. The van der Waals surface area contributed by atoms with Gasteiger partial charge in [-0.05, 0) is 37.3 Å². The Labute approximate surface area is 139 Å². The molecule has 6 nitrogen and oxygen atoms in total. The second kappa shape index (κ2) is 7.79. The monoisotopic (exact) mass is 324 g/mol. The molecule has 1 amide bonds. The van der Waals surface area contributed by atoms with Gasteiger partial charge in [-0.2, -0.15) is 5.26 Å². The number of ether oxygens (including phenoxy) is 2. The lowest BCUT2D eigenvalue weighted by atomic mass is 10.1. The van der Waals surface area contributed by atoms with Crippen LogP contribution in [0.2, 0.25) is 0 Å². The third kappa shape index (κ3) is 4.11. The van der Waals surface area contributed by atoms with Gasteiger partial charge >= 0.3 is 5.97 Å². The summed E-state index contributed by atoms with van der Waals surface area (Å²) in [5.74, 6) is -0.648. The summed E-state index contributed by atoms with van der Waals surface area (Å²) < 4.78 is 10.3. The van der Waals surface area contributed by atoms with Gasteiger partial charge in [0.15, 0.2) is 6.10 Å². The molecule has 24 heavy (non-hydrogen) atoms. The van der Waals surface area contributed by atoms with Crippen molar-refractivity contribution < 1.29 is 19.1 Å². The number of methoxy groups -OCH3 is 1. The normalized spacial score (nSPS) is 11.0. The number of carbonyl (C=O) groups is 2. The maximum atomic E-state index is 12.2. The number of esters is 1. The van der Waals surface area contributed by atoms with E-state index in [-0.39, 0.29) is 5.56 Å². The van der Waals surface area contributed by atoms with Gasteiger partial charge in [0.25, 0.3) is 5.91 Å². The minimum Gasteiger partial charge on any atom is -0.495 e. The zero-order chi connectivity index (χ0) is 17.5. The number of anilines is 1. The Morgan fingerprint density at radius 3 is 2.62 bits per heavy atom. The standard InChI is InChI=1S/C18H16N2O4/c1-12(17(21)20-15-8-3-4-9-16(15)23-2)24-18(22)14-7-5-6-13(10-14)11-19/h3-10,12H,1-2H3,(H,20,21)/t12-/m0/s1. The summed E-state index contributed by atoms with van der Waals surface area (Å²) in [6.45, 7) is 1.47. The van der Waals surface area contributed by atoms with E-state index in [1.165, 1.54) is 26.2 Å². The van der Waals surface area contributed by atoms with E-state index in [1.54, 1.807) is 36.4 Å². The van der Waals surface area contributed by atoms with Crippen LogP contribution in [0, 0.1) is 11.3 Å². The Hall–Kier alpha value is -3.33. The first-order chi connectivity index (χ1) is 11.5. The van der Waals surface area contributed by atoms with E-state index in [0.717, 1.165) is 0 Å². The molecular weight excluding hydrogens is 308 g/mol. The van der Waals surface area contributed by atoms with Crippen LogP contribution in [0.3, 0.4) is 0 Å². The number of benzene rings is 2. The lowest BCUT2D eigenvalue weighted by molar-refractivity contribution is -0.123. The van der Waals surface area contributed by atoms with E-state index in [1.807, 2.05) is 6.07 Å². The topological polar surface area (TPSA) is 88.4 Å². The molecule has 0 fully saturated rings. The lowest BCUT2D eigenvalue weighted by Gasteiger charge is -2.15. The molecule has 6 heteroatoms. The second-order valence-electron chi connectivity index (χ2n) is 4.93. The van der Waals surface area contributed by atoms with E-state index in [4.69, 9.17) is 14.7 Å². The SMILES string of the molecule is COc1ccccc1NC(=O)[C@H](C)OC(=O)c1cccc(C#N)c1. The molecule has 0 aliphatic carbocycles. The minimum absolute atomic E-state index is 0.214. The van der Waals surface area contributed by atoms with Crippen LogP contribution >= 0.6 is 0 Å². The summed E-state index contributed by atoms with van der Waals surface area (Å²) in [5, 5.41) is 11.5. The molecule has 0 unspecified atom stereocenters. The summed E-state index contributed by atoms with van der Waals surface area (Å²) in [6.07, 6.45) is -1.01. The number of nitrogens with one attached hydrogen (secondary N) is 1. The lowest BCUT2D eigenvalue weighted by Crippen LogP contribution is -2.30. The number of carbonyl (C=O) groups excluding carboxylic acids is 2. The van der Waals surface area contributed by atoms with Crippen molar-refractivity contribution in [2.24, 2.45) is 0 Å². The largest absolute Gasteiger partial charge is 0.495 e. The molecule has 0 radical (unpaired) electrons. The van der Waals surface area contributed by atoms with Crippen LogP contribution in [0.4, 0.5) is 5.69 Å². The third-order valence-corrected chi connectivity index (χ3v) is 3.25. The number of nitriles is 1. The Morgan fingerprint density at radius 2 is 1.92 bits per heavy atom. The molecule has 1 N–H and O–H groups in total. The molecule has 0 saturated heterocycles. The molecule has 2 aromatic rings. The van der Waals surface area contributed by atoms with Gasteiger partial charge in [0.1, 0.15) is 5.75 Å². The smallest absolute Gasteiger partial charge is 0.338 e. The first-order valence-electron chi connectivity index (χ1n) is 7.20. The van der Waals surface area contributed by atoms with Crippen molar-refractivity contribution in [2.75, 3.05) is 12.4 Å². The summed E-state index contributed by atoms with van der Waals surface area (Å²) in [5.41, 5.74) is 1.04. The maximum absolute atomic E-state index is 12.2. The molecule has 0 aliphatic rings. The van der Waals surface area contributed by atoms with Crippen molar-refractivity contribution in [3.63, 3.8) is 0 Å². The first kappa shape index (κ1) is 17.0. The average Bonchev–Trinajstić information content (AvgIpc) is 2.62. The van der Waals surface area contributed by atoms with E-state index < -0.39 is 18.0 Å². The van der Waals surface area contributed by atoms with Gasteiger partial charge in [0.2, 0.25) is 0 Å². The van der Waals surface area contributed by atoms with Crippen molar-refractivity contribution in [3.05, 3.63) is 59.7 Å². The zero-order valence-electron chi connectivity index (χ0n) is 13.3.